The third kappa shape index (κ3) is 3.27. The molecule has 2 aromatic carbocycles. The molecule has 2 unspecified atom stereocenters. The average molecular weight is 351 g/mol. The van der Waals surface area contributed by atoms with Gasteiger partial charge in [-0.1, -0.05) is 34.1 Å². The average Bonchev–Trinajstić information content (AvgIpc) is 2.86. The summed E-state index contributed by atoms with van der Waals surface area (Å²) in [4.78, 5) is 0. The molecule has 0 spiro atoms. The first-order valence-corrected chi connectivity index (χ1v) is 7.83. The first-order valence-electron chi connectivity index (χ1n) is 7.04. The van der Waals surface area contributed by atoms with Gasteiger partial charge in [0.05, 0.1) is 6.10 Å². The fraction of sp³-hybridized carbons (Fsp3) is 0.294. The van der Waals surface area contributed by atoms with Crippen LogP contribution in [-0.2, 0) is 0 Å². The zero-order chi connectivity index (χ0) is 14.8. The number of aliphatic hydroxyl groups is 1. The van der Waals surface area contributed by atoms with Crippen molar-refractivity contribution < 1.29 is 14.2 Å². The van der Waals surface area contributed by atoms with Crippen LogP contribution in [0.1, 0.15) is 19.3 Å². The maximum absolute atomic E-state index is 13.9. The number of hydrogen-bond acceptors (Lipinski definition) is 2. The van der Waals surface area contributed by atoms with E-state index in [0.717, 1.165) is 29.3 Å². The molecule has 0 aromatic heterocycles. The molecular weight excluding hydrogens is 335 g/mol. The van der Waals surface area contributed by atoms with Gasteiger partial charge in [0.15, 0.2) is 0 Å². The molecule has 1 fully saturated rings. The topological polar surface area (TPSA) is 29.5 Å². The number of benzene rings is 2. The van der Waals surface area contributed by atoms with Crippen molar-refractivity contribution in [1.29, 1.82) is 0 Å². The lowest BCUT2D eigenvalue weighted by molar-refractivity contribution is 0.0604. The van der Waals surface area contributed by atoms with E-state index < -0.39 is 0 Å². The predicted molar refractivity (Wildman–Crippen MR) is 83.8 cm³/mol. The Hall–Kier alpha value is -1.39. The van der Waals surface area contributed by atoms with Gasteiger partial charge in [0, 0.05) is 10.0 Å². The van der Waals surface area contributed by atoms with Crippen LogP contribution in [0.5, 0.6) is 5.75 Å². The van der Waals surface area contributed by atoms with Crippen molar-refractivity contribution in [2.75, 3.05) is 0 Å². The Labute approximate surface area is 131 Å². The third-order valence-electron chi connectivity index (χ3n) is 3.80. The fourth-order valence-corrected chi connectivity index (χ4v) is 2.99. The van der Waals surface area contributed by atoms with Gasteiger partial charge in [0.25, 0.3) is 0 Å². The first kappa shape index (κ1) is 14.5. The Bertz CT molecular complexity index is 627. The van der Waals surface area contributed by atoms with Crippen LogP contribution in [0.25, 0.3) is 11.1 Å². The second-order valence-electron chi connectivity index (χ2n) is 5.30. The standard InChI is InChI=1S/C17H16BrFO2/c18-12-6-9-14(15(19)10-12)11-4-7-13(8-5-11)21-17-3-1-2-16(17)20/h4-10,16-17,20H,1-3H2. The van der Waals surface area contributed by atoms with Crippen LogP contribution in [0, 0.1) is 5.82 Å². The van der Waals surface area contributed by atoms with E-state index in [-0.39, 0.29) is 18.0 Å². The minimum Gasteiger partial charge on any atom is -0.488 e. The number of halogens is 2. The van der Waals surface area contributed by atoms with Crippen LogP contribution in [0.15, 0.2) is 46.9 Å². The number of rotatable bonds is 3. The van der Waals surface area contributed by atoms with Crippen molar-refractivity contribution in [2.24, 2.45) is 0 Å². The molecule has 21 heavy (non-hydrogen) atoms. The Morgan fingerprint density at radius 2 is 1.86 bits per heavy atom. The van der Waals surface area contributed by atoms with E-state index in [1.165, 1.54) is 6.07 Å². The molecule has 110 valence electrons. The highest BCUT2D eigenvalue weighted by molar-refractivity contribution is 9.10. The molecule has 0 bridgehead atoms. The summed E-state index contributed by atoms with van der Waals surface area (Å²) in [5.74, 6) is 0.450. The molecular formula is C17H16BrFO2. The Morgan fingerprint density at radius 3 is 2.48 bits per heavy atom. The molecule has 1 aliphatic carbocycles. The highest BCUT2D eigenvalue weighted by Crippen LogP contribution is 2.29. The number of aliphatic hydroxyl groups excluding tert-OH is 1. The molecule has 2 atom stereocenters. The molecule has 0 aliphatic heterocycles. The quantitative estimate of drug-likeness (QED) is 0.879. The number of ether oxygens (including phenoxy) is 1. The maximum Gasteiger partial charge on any atom is 0.132 e. The van der Waals surface area contributed by atoms with E-state index >= 15 is 0 Å². The second-order valence-corrected chi connectivity index (χ2v) is 6.22. The lowest BCUT2D eigenvalue weighted by Crippen LogP contribution is -2.25. The Morgan fingerprint density at radius 1 is 1.10 bits per heavy atom. The summed E-state index contributed by atoms with van der Waals surface area (Å²) in [6, 6.07) is 12.3. The predicted octanol–water partition coefficient (Wildman–Crippen LogP) is 4.55. The molecule has 3 rings (SSSR count). The summed E-state index contributed by atoms with van der Waals surface area (Å²) >= 11 is 3.25. The normalized spacial score (nSPS) is 21.5. The van der Waals surface area contributed by atoms with Crippen LogP contribution >= 0.6 is 15.9 Å². The van der Waals surface area contributed by atoms with Crippen molar-refractivity contribution in [2.45, 2.75) is 31.5 Å². The van der Waals surface area contributed by atoms with Gasteiger partial charge in [-0.15, -0.1) is 0 Å². The van der Waals surface area contributed by atoms with Crippen molar-refractivity contribution in [3.05, 3.63) is 52.8 Å². The summed E-state index contributed by atoms with van der Waals surface area (Å²) in [7, 11) is 0. The largest absolute Gasteiger partial charge is 0.488 e. The molecule has 1 N–H and O–H groups in total. The van der Waals surface area contributed by atoms with Crippen molar-refractivity contribution >= 4 is 15.9 Å². The monoisotopic (exact) mass is 350 g/mol. The van der Waals surface area contributed by atoms with Crippen molar-refractivity contribution in [3.8, 4) is 16.9 Å². The lowest BCUT2D eigenvalue weighted by Gasteiger charge is -2.17. The van der Waals surface area contributed by atoms with Gasteiger partial charge in [-0.2, -0.15) is 0 Å². The second kappa shape index (κ2) is 6.16. The molecule has 0 amide bonds. The van der Waals surface area contributed by atoms with Gasteiger partial charge in [-0.05, 0) is 49.1 Å². The van der Waals surface area contributed by atoms with Crippen molar-refractivity contribution in [1.82, 2.24) is 0 Å². The zero-order valence-electron chi connectivity index (χ0n) is 11.4. The number of hydrogen-bond donors (Lipinski definition) is 1. The molecule has 2 aromatic rings. The summed E-state index contributed by atoms with van der Waals surface area (Å²) in [6.07, 6.45) is 2.17. The van der Waals surface area contributed by atoms with Gasteiger partial charge in [0.2, 0.25) is 0 Å². The van der Waals surface area contributed by atoms with Gasteiger partial charge < -0.3 is 9.84 Å². The fourth-order valence-electron chi connectivity index (χ4n) is 2.66. The summed E-state index contributed by atoms with van der Waals surface area (Å²) in [5, 5.41) is 9.77. The summed E-state index contributed by atoms with van der Waals surface area (Å²) < 4.78 is 20.4. The molecule has 2 nitrogen and oxygen atoms in total. The first-order chi connectivity index (χ1) is 10.1. The van der Waals surface area contributed by atoms with Gasteiger partial charge in [-0.25, -0.2) is 4.39 Å². The van der Waals surface area contributed by atoms with Crippen molar-refractivity contribution in [3.63, 3.8) is 0 Å². The van der Waals surface area contributed by atoms with Crippen LogP contribution < -0.4 is 4.74 Å². The van der Waals surface area contributed by atoms with E-state index in [1.54, 1.807) is 6.07 Å². The van der Waals surface area contributed by atoms with Crippen LogP contribution in [0.3, 0.4) is 0 Å². The minimum atomic E-state index is -0.381. The zero-order valence-corrected chi connectivity index (χ0v) is 13.0. The lowest BCUT2D eigenvalue weighted by atomic mass is 10.1. The van der Waals surface area contributed by atoms with Crippen LogP contribution in [0.2, 0.25) is 0 Å². The van der Waals surface area contributed by atoms with E-state index in [9.17, 15) is 9.50 Å². The van der Waals surface area contributed by atoms with Gasteiger partial charge in [0.1, 0.15) is 17.7 Å². The summed E-state index contributed by atoms with van der Waals surface area (Å²) in [5.41, 5.74) is 1.37. The van der Waals surface area contributed by atoms with Gasteiger partial charge >= 0.3 is 0 Å². The third-order valence-corrected chi connectivity index (χ3v) is 4.29. The smallest absolute Gasteiger partial charge is 0.132 e. The highest BCUT2D eigenvalue weighted by Gasteiger charge is 2.26. The summed E-state index contributed by atoms with van der Waals surface area (Å²) in [6.45, 7) is 0. The van der Waals surface area contributed by atoms with Crippen LogP contribution in [0.4, 0.5) is 4.39 Å². The minimum absolute atomic E-state index is 0.125. The maximum atomic E-state index is 13.9. The Balaban J connectivity index is 1.77. The van der Waals surface area contributed by atoms with Crippen LogP contribution in [-0.4, -0.2) is 17.3 Å². The van der Waals surface area contributed by atoms with E-state index in [0.29, 0.717) is 11.3 Å². The molecule has 4 heteroatoms. The molecule has 0 radical (unpaired) electrons. The molecule has 0 heterocycles. The van der Waals surface area contributed by atoms with E-state index in [2.05, 4.69) is 15.9 Å². The molecule has 1 aliphatic rings. The molecule has 0 saturated heterocycles. The van der Waals surface area contributed by atoms with E-state index in [1.807, 2.05) is 30.3 Å². The highest BCUT2D eigenvalue weighted by atomic mass is 79.9. The van der Waals surface area contributed by atoms with E-state index in [4.69, 9.17) is 4.74 Å². The van der Waals surface area contributed by atoms with Gasteiger partial charge in [-0.3, -0.25) is 0 Å². The Kier molecular flexibility index (Phi) is 4.27. The SMILES string of the molecule is OC1CCCC1Oc1ccc(-c2ccc(Br)cc2F)cc1. The molecule has 1 saturated carbocycles.